The number of hydrogen-bond donors (Lipinski definition) is 0. The number of nitrogens with zero attached hydrogens (tertiary/aromatic N) is 3. The van der Waals surface area contributed by atoms with Crippen LogP contribution in [-0.4, -0.2) is 14.5 Å². The molecule has 0 N–H and O–H groups in total. The highest BCUT2D eigenvalue weighted by molar-refractivity contribution is 6.11. The van der Waals surface area contributed by atoms with E-state index in [1.807, 2.05) is 24.3 Å². The van der Waals surface area contributed by atoms with Gasteiger partial charge in [0.1, 0.15) is 16.8 Å². The molecule has 44 heavy (non-hydrogen) atoms. The van der Waals surface area contributed by atoms with E-state index in [0.717, 1.165) is 61.0 Å². The third-order valence-corrected chi connectivity index (χ3v) is 8.41. The van der Waals surface area contributed by atoms with Crippen LogP contribution < -0.4 is 0 Å². The maximum absolute atomic E-state index is 6.43. The van der Waals surface area contributed by atoms with Crippen molar-refractivity contribution in [2.24, 2.45) is 0 Å². The van der Waals surface area contributed by atoms with Gasteiger partial charge in [0.25, 0.3) is 0 Å². The fraction of sp³-hybridized carbons (Fsp3) is 0. The maximum atomic E-state index is 6.43. The third kappa shape index (κ3) is 3.85. The Hall–Kier alpha value is -6.00. The summed E-state index contributed by atoms with van der Waals surface area (Å²) in [6.07, 6.45) is 0. The van der Waals surface area contributed by atoms with E-state index in [4.69, 9.17) is 14.4 Å². The summed E-state index contributed by atoms with van der Waals surface area (Å²) in [5.41, 5.74) is 10.8. The van der Waals surface area contributed by atoms with E-state index in [0.29, 0.717) is 11.4 Å². The van der Waals surface area contributed by atoms with Gasteiger partial charge in [-0.05, 0) is 65.7 Å². The summed E-state index contributed by atoms with van der Waals surface area (Å²) in [6.45, 7) is 0. The number of hydrogen-bond acceptors (Lipinski definition) is 3. The Balaban J connectivity index is 1.29. The fourth-order valence-corrected chi connectivity index (χ4v) is 6.36. The van der Waals surface area contributed by atoms with Gasteiger partial charge in [-0.25, -0.2) is 9.97 Å². The normalized spacial score (nSPS) is 11.6. The van der Waals surface area contributed by atoms with Gasteiger partial charge in [0.05, 0.1) is 11.0 Å². The number of para-hydroxylation sites is 3. The second kappa shape index (κ2) is 9.79. The number of aromatic nitrogens is 3. The van der Waals surface area contributed by atoms with Crippen LogP contribution in [0.4, 0.5) is 0 Å². The van der Waals surface area contributed by atoms with Crippen LogP contribution in [0, 0.1) is 0 Å². The van der Waals surface area contributed by atoms with Gasteiger partial charge in [-0.15, -0.1) is 0 Å². The summed E-state index contributed by atoms with van der Waals surface area (Å²) in [6, 6.07) is 52.6. The minimum absolute atomic E-state index is 0.669. The minimum Gasteiger partial charge on any atom is -0.452 e. The van der Waals surface area contributed by atoms with Crippen molar-refractivity contribution in [2.45, 2.75) is 0 Å². The monoisotopic (exact) mass is 563 g/mol. The van der Waals surface area contributed by atoms with Gasteiger partial charge in [0, 0.05) is 33.0 Å². The van der Waals surface area contributed by atoms with Crippen LogP contribution in [0.2, 0.25) is 0 Å². The lowest BCUT2D eigenvalue weighted by Crippen LogP contribution is -1.95. The third-order valence-electron chi connectivity index (χ3n) is 8.41. The van der Waals surface area contributed by atoms with Crippen molar-refractivity contribution < 1.29 is 4.42 Å². The number of rotatable bonds is 4. The summed E-state index contributed by atoms with van der Waals surface area (Å²) in [4.78, 5) is 10.4. The van der Waals surface area contributed by atoms with Crippen LogP contribution in [0.3, 0.4) is 0 Å². The lowest BCUT2D eigenvalue weighted by Gasteiger charge is -2.09. The Kier molecular flexibility index (Phi) is 5.47. The molecule has 0 radical (unpaired) electrons. The first-order valence-corrected chi connectivity index (χ1v) is 14.8. The molecule has 206 valence electrons. The van der Waals surface area contributed by atoms with Crippen molar-refractivity contribution in [1.29, 1.82) is 0 Å². The molecule has 4 heteroatoms. The zero-order valence-electron chi connectivity index (χ0n) is 23.7. The van der Waals surface area contributed by atoms with Crippen LogP contribution in [0.1, 0.15) is 0 Å². The number of fused-ring (bicyclic) bond motifs is 6. The predicted molar refractivity (Wildman–Crippen MR) is 180 cm³/mol. The standard InChI is InChI=1S/C40H25N3O/c1-3-12-26(13-4-1)27-14-11-15-28(24-27)37-39-38(32-19-8-10-21-36(32)44-39)42-40(41-37)29-22-23-35-33(25-29)31-18-7-9-20-34(31)43(35)30-16-5-2-6-17-30/h1-25H. The molecule has 0 saturated carbocycles. The molecule has 3 heterocycles. The quantitative estimate of drug-likeness (QED) is 0.214. The van der Waals surface area contributed by atoms with Gasteiger partial charge in [-0.3, -0.25) is 0 Å². The molecule has 0 aliphatic rings. The Morgan fingerprint density at radius 3 is 2.00 bits per heavy atom. The molecule has 0 fully saturated rings. The number of benzene rings is 6. The molecule has 0 amide bonds. The molecule has 0 bridgehead atoms. The second-order valence-electron chi connectivity index (χ2n) is 11.0. The summed E-state index contributed by atoms with van der Waals surface area (Å²) in [7, 11) is 0. The molecular formula is C40H25N3O. The molecule has 9 aromatic rings. The molecule has 0 unspecified atom stereocenters. The molecule has 0 aliphatic carbocycles. The van der Waals surface area contributed by atoms with Crippen molar-refractivity contribution in [1.82, 2.24) is 14.5 Å². The van der Waals surface area contributed by atoms with Gasteiger partial charge in [0.2, 0.25) is 0 Å². The van der Waals surface area contributed by atoms with Crippen molar-refractivity contribution in [3.8, 4) is 39.5 Å². The molecule has 0 aliphatic heterocycles. The number of furan rings is 1. The zero-order chi connectivity index (χ0) is 29.0. The van der Waals surface area contributed by atoms with E-state index in [-0.39, 0.29) is 0 Å². The maximum Gasteiger partial charge on any atom is 0.180 e. The van der Waals surface area contributed by atoms with E-state index >= 15 is 0 Å². The lowest BCUT2D eigenvalue weighted by molar-refractivity contribution is 0.667. The highest BCUT2D eigenvalue weighted by Gasteiger charge is 2.20. The summed E-state index contributed by atoms with van der Waals surface area (Å²) in [5, 5.41) is 3.34. The van der Waals surface area contributed by atoms with Gasteiger partial charge >= 0.3 is 0 Å². The average Bonchev–Trinajstić information content (AvgIpc) is 3.64. The molecular weight excluding hydrogens is 538 g/mol. The van der Waals surface area contributed by atoms with Crippen LogP contribution in [0.15, 0.2) is 156 Å². The van der Waals surface area contributed by atoms with Gasteiger partial charge in [0.15, 0.2) is 11.4 Å². The van der Waals surface area contributed by atoms with Gasteiger partial charge < -0.3 is 8.98 Å². The molecule has 0 spiro atoms. The van der Waals surface area contributed by atoms with E-state index < -0.39 is 0 Å². The highest BCUT2D eigenvalue weighted by atomic mass is 16.3. The largest absolute Gasteiger partial charge is 0.452 e. The molecule has 9 rings (SSSR count). The SMILES string of the molecule is c1ccc(-c2cccc(-c3nc(-c4ccc5c(c4)c4ccccc4n5-c4ccccc4)nc4c3oc3ccccc34)c2)cc1. The van der Waals surface area contributed by atoms with E-state index in [9.17, 15) is 0 Å². The average molecular weight is 564 g/mol. The second-order valence-corrected chi connectivity index (χ2v) is 11.0. The first-order valence-electron chi connectivity index (χ1n) is 14.8. The minimum atomic E-state index is 0.669. The van der Waals surface area contributed by atoms with Gasteiger partial charge in [-0.1, -0.05) is 97.1 Å². The smallest absolute Gasteiger partial charge is 0.180 e. The van der Waals surface area contributed by atoms with Crippen LogP contribution in [0.25, 0.3) is 83.3 Å². The Labute approximate surface area is 253 Å². The van der Waals surface area contributed by atoms with Crippen LogP contribution in [0.5, 0.6) is 0 Å². The van der Waals surface area contributed by atoms with Crippen molar-refractivity contribution >= 4 is 43.9 Å². The Bertz CT molecular complexity index is 2490. The Morgan fingerprint density at radius 1 is 0.455 bits per heavy atom. The molecule has 0 atom stereocenters. The van der Waals surface area contributed by atoms with E-state index in [2.05, 4.69) is 132 Å². The predicted octanol–water partition coefficient (Wildman–Crippen LogP) is 10.5. The van der Waals surface area contributed by atoms with Crippen molar-refractivity contribution in [3.05, 3.63) is 152 Å². The van der Waals surface area contributed by atoms with Crippen LogP contribution in [-0.2, 0) is 0 Å². The summed E-state index contributed by atoms with van der Waals surface area (Å²) in [5.74, 6) is 0.669. The van der Waals surface area contributed by atoms with Crippen LogP contribution >= 0.6 is 0 Å². The summed E-state index contributed by atoms with van der Waals surface area (Å²) < 4.78 is 8.75. The molecule has 0 saturated heterocycles. The van der Waals surface area contributed by atoms with E-state index in [1.54, 1.807) is 0 Å². The Morgan fingerprint density at radius 2 is 1.14 bits per heavy atom. The van der Waals surface area contributed by atoms with Crippen molar-refractivity contribution in [3.63, 3.8) is 0 Å². The van der Waals surface area contributed by atoms with E-state index in [1.165, 1.54) is 10.9 Å². The highest BCUT2D eigenvalue weighted by Crippen LogP contribution is 2.38. The lowest BCUT2D eigenvalue weighted by atomic mass is 10.0. The first-order chi connectivity index (χ1) is 21.8. The fourth-order valence-electron chi connectivity index (χ4n) is 6.36. The van der Waals surface area contributed by atoms with Gasteiger partial charge in [-0.2, -0.15) is 0 Å². The molecule has 4 nitrogen and oxygen atoms in total. The topological polar surface area (TPSA) is 43.9 Å². The van der Waals surface area contributed by atoms with Crippen molar-refractivity contribution in [2.75, 3.05) is 0 Å². The first kappa shape index (κ1) is 24.6. The summed E-state index contributed by atoms with van der Waals surface area (Å²) >= 11 is 0. The molecule has 3 aromatic heterocycles. The zero-order valence-corrected chi connectivity index (χ0v) is 23.7. The molecule has 6 aromatic carbocycles.